The van der Waals surface area contributed by atoms with Gasteiger partial charge in [-0.05, 0) is 43.2 Å². The number of amides is 3. The first-order valence-electron chi connectivity index (χ1n) is 10.0. The van der Waals surface area contributed by atoms with Crippen molar-refractivity contribution < 1.29 is 19.5 Å². The lowest BCUT2D eigenvalue weighted by molar-refractivity contribution is -0.134. The number of carbonyl (C=O) groups is 3. The van der Waals surface area contributed by atoms with Gasteiger partial charge in [-0.15, -0.1) is 0 Å². The summed E-state index contributed by atoms with van der Waals surface area (Å²) in [6.45, 7) is 1.91. The molecular weight excluding hydrogens is 344 g/mol. The van der Waals surface area contributed by atoms with Crippen LogP contribution in [0, 0.1) is 11.8 Å². The molecule has 1 aromatic rings. The second-order valence-corrected chi connectivity index (χ2v) is 8.00. The van der Waals surface area contributed by atoms with E-state index >= 15 is 0 Å². The van der Waals surface area contributed by atoms with Crippen LogP contribution in [0.15, 0.2) is 18.2 Å². The van der Waals surface area contributed by atoms with Crippen molar-refractivity contribution in [1.29, 1.82) is 0 Å². The molecule has 6 heteroatoms. The van der Waals surface area contributed by atoms with E-state index in [0.717, 1.165) is 30.3 Å². The lowest BCUT2D eigenvalue weighted by Gasteiger charge is -2.41. The summed E-state index contributed by atoms with van der Waals surface area (Å²) in [7, 11) is 0. The minimum Gasteiger partial charge on any atom is -0.507 e. The Kier molecular flexibility index (Phi) is 4.89. The predicted molar refractivity (Wildman–Crippen MR) is 99.4 cm³/mol. The van der Waals surface area contributed by atoms with Crippen molar-refractivity contribution in [3.8, 4) is 5.75 Å². The Hall–Kier alpha value is -2.37. The van der Waals surface area contributed by atoms with Gasteiger partial charge < -0.3 is 10.0 Å². The summed E-state index contributed by atoms with van der Waals surface area (Å²) in [6, 6.07) is 4.52. The summed E-state index contributed by atoms with van der Waals surface area (Å²) in [5.41, 5.74) is 0.318. The standard InChI is InChI=1S/C21H26N2O4/c24-17-8-3-7-16-19(17)21(27)23(20(16)26)11-4-9-18(25)22-12-10-14-5-1-2-6-15(14)13-22/h3,7-8,14-15,24H,1-2,4-6,9-13H2. The molecule has 6 nitrogen and oxygen atoms in total. The van der Waals surface area contributed by atoms with Gasteiger partial charge in [0.05, 0.1) is 11.1 Å². The van der Waals surface area contributed by atoms with Crippen LogP contribution < -0.4 is 0 Å². The van der Waals surface area contributed by atoms with Gasteiger partial charge in [-0.1, -0.05) is 25.3 Å². The monoisotopic (exact) mass is 370 g/mol. The molecule has 1 saturated carbocycles. The van der Waals surface area contributed by atoms with Crippen LogP contribution in [-0.4, -0.2) is 52.3 Å². The van der Waals surface area contributed by atoms with Crippen molar-refractivity contribution in [2.45, 2.75) is 44.9 Å². The van der Waals surface area contributed by atoms with Gasteiger partial charge in [-0.3, -0.25) is 19.3 Å². The maximum absolute atomic E-state index is 12.6. The number of piperidine rings is 1. The number of benzene rings is 1. The normalized spacial score (nSPS) is 24.7. The average Bonchev–Trinajstić information content (AvgIpc) is 2.93. The molecule has 2 fully saturated rings. The lowest BCUT2D eigenvalue weighted by atomic mass is 9.75. The first-order chi connectivity index (χ1) is 13.1. The van der Waals surface area contributed by atoms with E-state index in [-0.39, 0.29) is 35.2 Å². The number of likely N-dealkylation sites (tertiary alicyclic amines) is 1. The second-order valence-electron chi connectivity index (χ2n) is 8.00. The summed E-state index contributed by atoms with van der Waals surface area (Å²) in [5.74, 6) is 0.535. The highest BCUT2D eigenvalue weighted by molar-refractivity contribution is 6.22. The Morgan fingerprint density at radius 2 is 1.85 bits per heavy atom. The number of hydrogen-bond donors (Lipinski definition) is 1. The van der Waals surface area contributed by atoms with Crippen LogP contribution in [0.25, 0.3) is 0 Å². The molecule has 1 N–H and O–H groups in total. The molecule has 1 saturated heterocycles. The van der Waals surface area contributed by atoms with Gasteiger partial charge in [-0.25, -0.2) is 0 Å². The van der Waals surface area contributed by atoms with E-state index in [1.165, 1.54) is 31.7 Å². The molecule has 2 unspecified atom stereocenters. The number of fused-ring (bicyclic) bond motifs is 2. The molecule has 4 rings (SSSR count). The molecule has 2 atom stereocenters. The number of nitrogens with zero attached hydrogens (tertiary/aromatic N) is 2. The second kappa shape index (κ2) is 7.33. The Labute approximate surface area is 159 Å². The Morgan fingerprint density at radius 1 is 1.07 bits per heavy atom. The number of aromatic hydroxyl groups is 1. The van der Waals surface area contributed by atoms with Crippen molar-refractivity contribution in [3.05, 3.63) is 29.3 Å². The third-order valence-corrected chi connectivity index (χ3v) is 6.39. The minimum absolute atomic E-state index is 0.0770. The quantitative estimate of drug-likeness (QED) is 0.827. The molecular formula is C21H26N2O4. The number of hydrogen-bond acceptors (Lipinski definition) is 4. The van der Waals surface area contributed by atoms with Crippen molar-refractivity contribution in [2.75, 3.05) is 19.6 Å². The molecule has 2 heterocycles. The molecule has 1 aliphatic carbocycles. The number of carbonyl (C=O) groups excluding carboxylic acids is 3. The largest absolute Gasteiger partial charge is 0.507 e. The van der Waals surface area contributed by atoms with Crippen LogP contribution in [0.5, 0.6) is 5.75 Å². The maximum Gasteiger partial charge on any atom is 0.265 e. The summed E-state index contributed by atoms with van der Waals surface area (Å²) in [4.78, 5) is 40.5. The fourth-order valence-electron chi connectivity index (χ4n) is 4.89. The zero-order valence-electron chi connectivity index (χ0n) is 15.5. The van der Waals surface area contributed by atoms with Crippen LogP contribution in [0.1, 0.15) is 65.7 Å². The molecule has 3 aliphatic rings. The van der Waals surface area contributed by atoms with E-state index in [1.807, 2.05) is 4.90 Å². The van der Waals surface area contributed by atoms with Crippen molar-refractivity contribution >= 4 is 17.7 Å². The van der Waals surface area contributed by atoms with Gasteiger partial charge in [0.1, 0.15) is 5.75 Å². The molecule has 0 bridgehead atoms. The van der Waals surface area contributed by atoms with Gasteiger partial charge in [0.25, 0.3) is 11.8 Å². The SMILES string of the molecule is O=C(CCCN1C(=O)c2cccc(O)c2C1=O)N1CCC2CCCCC2C1. The number of phenolic OH excluding ortho intramolecular Hbond substituents is 1. The summed E-state index contributed by atoms with van der Waals surface area (Å²) >= 11 is 0. The Bertz CT molecular complexity index is 775. The van der Waals surface area contributed by atoms with E-state index in [9.17, 15) is 19.5 Å². The molecule has 2 aliphatic heterocycles. The highest BCUT2D eigenvalue weighted by Crippen LogP contribution is 2.36. The summed E-state index contributed by atoms with van der Waals surface area (Å²) < 4.78 is 0. The number of phenols is 1. The zero-order valence-corrected chi connectivity index (χ0v) is 15.5. The van der Waals surface area contributed by atoms with E-state index in [0.29, 0.717) is 18.8 Å². The van der Waals surface area contributed by atoms with E-state index in [4.69, 9.17) is 0 Å². The van der Waals surface area contributed by atoms with Crippen LogP contribution in [0.2, 0.25) is 0 Å². The lowest BCUT2D eigenvalue weighted by Crippen LogP contribution is -2.44. The van der Waals surface area contributed by atoms with E-state index < -0.39 is 5.91 Å². The van der Waals surface area contributed by atoms with E-state index in [1.54, 1.807) is 12.1 Å². The fraction of sp³-hybridized carbons (Fsp3) is 0.571. The maximum atomic E-state index is 12.6. The fourth-order valence-corrected chi connectivity index (χ4v) is 4.89. The van der Waals surface area contributed by atoms with Crippen LogP contribution in [-0.2, 0) is 4.79 Å². The predicted octanol–water partition coefficient (Wildman–Crippen LogP) is 2.81. The molecule has 3 amide bonds. The topological polar surface area (TPSA) is 77.9 Å². The first-order valence-corrected chi connectivity index (χ1v) is 10.0. The molecule has 1 aromatic carbocycles. The van der Waals surface area contributed by atoms with E-state index in [2.05, 4.69) is 0 Å². The average molecular weight is 370 g/mol. The Morgan fingerprint density at radius 3 is 2.63 bits per heavy atom. The van der Waals surface area contributed by atoms with Gasteiger partial charge >= 0.3 is 0 Å². The van der Waals surface area contributed by atoms with Crippen molar-refractivity contribution in [2.24, 2.45) is 11.8 Å². The van der Waals surface area contributed by atoms with Gasteiger partial charge in [0, 0.05) is 26.1 Å². The van der Waals surface area contributed by atoms with Crippen LogP contribution >= 0.6 is 0 Å². The molecule has 0 aromatic heterocycles. The molecule has 27 heavy (non-hydrogen) atoms. The highest BCUT2D eigenvalue weighted by atomic mass is 16.3. The first kappa shape index (κ1) is 18.0. The van der Waals surface area contributed by atoms with Crippen molar-refractivity contribution in [1.82, 2.24) is 9.80 Å². The molecule has 0 spiro atoms. The van der Waals surface area contributed by atoms with Crippen LogP contribution in [0.4, 0.5) is 0 Å². The molecule has 144 valence electrons. The van der Waals surface area contributed by atoms with Crippen molar-refractivity contribution in [3.63, 3.8) is 0 Å². The van der Waals surface area contributed by atoms with Crippen LogP contribution in [0.3, 0.4) is 0 Å². The Balaban J connectivity index is 1.30. The van der Waals surface area contributed by atoms with Gasteiger partial charge in [-0.2, -0.15) is 0 Å². The number of rotatable bonds is 4. The zero-order chi connectivity index (χ0) is 19.0. The highest BCUT2D eigenvalue weighted by Gasteiger charge is 2.37. The molecule has 0 radical (unpaired) electrons. The summed E-state index contributed by atoms with van der Waals surface area (Å²) in [6.07, 6.45) is 7.04. The van der Waals surface area contributed by atoms with Gasteiger partial charge in [0.15, 0.2) is 0 Å². The third kappa shape index (κ3) is 3.33. The number of imide groups is 1. The minimum atomic E-state index is -0.469. The van der Waals surface area contributed by atoms with Gasteiger partial charge in [0.2, 0.25) is 5.91 Å². The third-order valence-electron chi connectivity index (χ3n) is 6.39. The smallest absolute Gasteiger partial charge is 0.265 e. The summed E-state index contributed by atoms with van der Waals surface area (Å²) in [5, 5.41) is 9.86.